The summed E-state index contributed by atoms with van der Waals surface area (Å²) in [5.41, 5.74) is 2.63. The number of aryl methyl sites for hydroxylation is 1. The van der Waals surface area contributed by atoms with Crippen LogP contribution in [0.15, 0.2) is 18.2 Å². The van der Waals surface area contributed by atoms with E-state index in [2.05, 4.69) is 24.9 Å². The van der Waals surface area contributed by atoms with Crippen LogP contribution >= 0.6 is 11.6 Å². The molecule has 70 valence electrons. The number of rotatable bonds is 1. The third kappa shape index (κ3) is 1.47. The maximum atomic E-state index is 6.18. The monoisotopic (exact) mass is 195 g/mol. The summed E-state index contributed by atoms with van der Waals surface area (Å²) in [6.07, 6.45) is 1.24. The molecule has 0 saturated carbocycles. The Bertz CT molecular complexity index is 302. The van der Waals surface area contributed by atoms with E-state index < -0.39 is 0 Å². The molecule has 0 aromatic heterocycles. The highest BCUT2D eigenvalue weighted by Crippen LogP contribution is 2.37. The smallest absolute Gasteiger partial charge is 0.0456 e. The first kappa shape index (κ1) is 9.04. The molecular formula is C11H14ClN. The number of benzene rings is 1. The van der Waals surface area contributed by atoms with Gasteiger partial charge in [-0.15, -0.1) is 0 Å². The largest absolute Gasteiger partial charge is 0.299 e. The van der Waals surface area contributed by atoms with Gasteiger partial charge in [0.25, 0.3) is 0 Å². The molecular weight excluding hydrogens is 182 g/mol. The zero-order valence-electron chi connectivity index (χ0n) is 8.05. The molecule has 1 heterocycles. The van der Waals surface area contributed by atoms with E-state index in [0.29, 0.717) is 6.04 Å². The second-order valence-corrected chi connectivity index (χ2v) is 4.16. The molecule has 0 N–H and O–H groups in total. The number of halogens is 1. The van der Waals surface area contributed by atoms with Gasteiger partial charge in [-0.05, 0) is 37.6 Å². The van der Waals surface area contributed by atoms with Crippen LogP contribution in [0.2, 0.25) is 5.02 Å². The summed E-state index contributed by atoms with van der Waals surface area (Å²) in [7, 11) is 2.15. The first-order valence-electron chi connectivity index (χ1n) is 4.65. The third-order valence-corrected chi connectivity index (χ3v) is 3.22. The molecule has 13 heavy (non-hydrogen) atoms. The van der Waals surface area contributed by atoms with Crippen molar-refractivity contribution in [2.75, 3.05) is 13.6 Å². The van der Waals surface area contributed by atoms with Crippen LogP contribution in [0.1, 0.15) is 23.6 Å². The highest BCUT2D eigenvalue weighted by atomic mass is 35.5. The Kier molecular flexibility index (Phi) is 2.31. The second-order valence-electron chi connectivity index (χ2n) is 3.76. The number of hydrogen-bond acceptors (Lipinski definition) is 1. The molecule has 0 spiro atoms. The summed E-state index contributed by atoms with van der Waals surface area (Å²) in [5, 5.41) is 0.913. The summed E-state index contributed by atoms with van der Waals surface area (Å²) in [6, 6.07) is 6.68. The summed E-state index contributed by atoms with van der Waals surface area (Å²) in [5.74, 6) is 0. The molecule has 0 aliphatic carbocycles. The zero-order valence-corrected chi connectivity index (χ0v) is 8.80. The minimum absolute atomic E-state index is 0.550. The lowest BCUT2D eigenvalue weighted by Crippen LogP contribution is -2.37. The van der Waals surface area contributed by atoms with Crippen molar-refractivity contribution in [3.63, 3.8) is 0 Å². The SMILES string of the molecule is Cc1cccc(Cl)c1C1CCN1C. The Hall–Kier alpha value is -0.530. The molecule has 1 atom stereocenters. The summed E-state index contributed by atoms with van der Waals surface area (Å²) in [6.45, 7) is 3.32. The summed E-state index contributed by atoms with van der Waals surface area (Å²) >= 11 is 6.18. The van der Waals surface area contributed by atoms with E-state index >= 15 is 0 Å². The Balaban J connectivity index is 2.38. The topological polar surface area (TPSA) is 3.24 Å². The quantitative estimate of drug-likeness (QED) is 0.666. The van der Waals surface area contributed by atoms with Crippen molar-refractivity contribution in [1.29, 1.82) is 0 Å². The van der Waals surface area contributed by atoms with Crippen molar-refractivity contribution in [2.45, 2.75) is 19.4 Å². The van der Waals surface area contributed by atoms with Crippen molar-refractivity contribution in [3.05, 3.63) is 34.3 Å². The lowest BCUT2D eigenvalue weighted by molar-refractivity contribution is 0.127. The van der Waals surface area contributed by atoms with Gasteiger partial charge in [0.05, 0.1) is 0 Å². The Morgan fingerprint density at radius 1 is 1.46 bits per heavy atom. The Labute approximate surface area is 84.3 Å². The average molecular weight is 196 g/mol. The summed E-state index contributed by atoms with van der Waals surface area (Å²) < 4.78 is 0. The third-order valence-electron chi connectivity index (χ3n) is 2.89. The molecule has 1 nitrogen and oxygen atoms in total. The molecule has 2 heteroatoms. The van der Waals surface area contributed by atoms with Gasteiger partial charge in [-0.25, -0.2) is 0 Å². The van der Waals surface area contributed by atoms with Crippen LogP contribution < -0.4 is 0 Å². The number of nitrogens with zero attached hydrogens (tertiary/aromatic N) is 1. The normalized spacial score (nSPS) is 22.8. The minimum atomic E-state index is 0.550. The van der Waals surface area contributed by atoms with E-state index in [1.54, 1.807) is 0 Å². The fourth-order valence-corrected chi connectivity index (χ4v) is 2.30. The lowest BCUT2D eigenvalue weighted by Gasteiger charge is -2.39. The first-order chi connectivity index (χ1) is 6.20. The van der Waals surface area contributed by atoms with Gasteiger partial charge in [0.2, 0.25) is 0 Å². The minimum Gasteiger partial charge on any atom is -0.299 e. The molecule has 0 amide bonds. The van der Waals surface area contributed by atoms with Crippen LogP contribution in [0, 0.1) is 6.92 Å². The maximum Gasteiger partial charge on any atom is 0.0456 e. The molecule has 0 radical (unpaired) electrons. The van der Waals surface area contributed by atoms with E-state index in [1.165, 1.54) is 24.1 Å². The predicted molar refractivity (Wildman–Crippen MR) is 56.2 cm³/mol. The molecule has 1 aliphatic heterocycles. The Morgan fingerprint density at radius 2 is 2.23 bits per heavy atom. The van der Waals surface area contributed by atoms with Gasteiger partial charge in [-0.2, -0.15) is 0 Å². The van der Waals surface area contributed by atoms with Gasteiger partial charge in [-0.3, -0.25) is 4.90 Å². The van der Waals surface area contributed by atoms with Gasteiger partial charge in [0.1, 0.15) is 0 Å². The van der Waals surface area contributed by atoms with Gasteiger partial charge >= 0.3 is 0 Å². The van der Waals surface area contributed by atoms with Crippen molar-refractivity contribution >= 4 is 11.6 Å². The van der Waals surface area contributed by atoms with Crippen molar-refractivity contribution in [2.24, 2.45) is 0 Å². The number of hydrogen-bond donors (Lipinski definition) is 0. The highest BCUT2D eigenvalue weighted by Gasteiger charge is 2.28. The van der Waals surface area contributed by atoms with Crippen LogP contribution in [-0.2, 0) is 0 Å². The molecule has 0 bridgehead atoms. The maximum absolute atomic E-state index is 6.18. The van der Waals surface area contributed by atoms with E-state index in [9.17, 15) is 0 Å². The van der Waals surface area contributed by atoms with Crippen LogP contribution in [0.3, 0.4) is 0 Å². The molecule has 1 unspecified atom stereocenters. The first-order valence-corrected chi connectivity index (χ1v) is 5.03. The fraction of sp³-hybridized carbons (Fsp3) is 0.455. The fourth-order valence-electron chi connectivity index (χ4n) is 1.95. The standard InChI is InChI=1S/C11H14ClN/c1-8-4-3-5-9(12)11(8)10-6-7-13(10)2/h3-5,10H,6-7H2,1-2H3. The summed E-state index contributed by atoms with van der Waals surface area (Å²) in [4.78, 5) is 2.34. The second kappa shape index (κ2) is 3.32. The van der Waals surface area contributed by atoms with Crippen molar-refractivity contribution in [1.82, 2.24) is 4.90 Å². The van der Waals surface area contributed by atoms with E-state index in [0.717, 1.165) is 5.02 Å². The van der Waals surface area contributed by atoms with Gasteiger partial charge < -0.3 is 0 Å². The molecule has 1 saturated heterocycles. The van der Waals surface area contributed by atoms with E-state index in [1.807, 2.05) is 12.1 Å². The highest BCUT2D eigenvalue weighted by molar-refractivity contribution is 6.31. The van der Waals surface area contributed by atoms with Crippen molar-refractivity contribution in [3.8, 4) is 0 Å². The van der Waals surface area contributed by atoms with Crippen LogP contribution in [-0.4, -0.2) is 18.5 Å². The lowest BCUT2D eigenvalue weighted by atomic mass is 9.92. The average Bonchev–Trinajstić information content (AvgIpc) is 2.09. The zero-order chi connectivity index (χ0) is 9.42. The van der Waals surface area contributed by atoms with Crippen LogP contribution in [0.25, 0.3) is 0 Å². The predicted octanol–water partition coefficient (Wildman–Crippen LogP) is 3.03. The van der Waals surface area contributed by atoms with Crippen LogP contribution in [0.5, 0.6) is 0 Å². The molecule has 1 aliphatic rings. The molecule has 1 aromatic carbocycles. The van der Waals surface area contributed by atoms with E-state index in [-0.39, 0.29) is 0 Å². The van der Waals surface area contributed by atoms with Gasteiger partial charge in [0, 0.05) is 17.6 Å². The van der Waals surface area contributed by atoms with Crippen LogP contribution in [0.4, 0.5) is 0 Å². The van der Waals surface area contributed by atoms with Gasteiger partial charge in [-0.1, -0.05) is 23.7 Å². The molecule has 1 aromatic rings. The molecule has 2 rings (SSSR count). The van der Waals surface area contributed by atoms with E-state index in [4.69, 9.17) is 11.6 Å². The molecule has 1 fully saturated rings. The van der Waals surface area contributed by atoms with Crippen molar-refractivity contribution < 1.29 is 0 Å². The van der Waals surface area contributed by atoms with Gasteiger partial charge in [0.15, 0.2) is 0 Å². The Morgan fingerprint density at radius 3 is 2.69 bits per heavy atom. The number of likely N-dealkylation sites (tertiary alicyclic amines) is 1.